The Kier molecular flexibility index (Phi) is 4.04. The number of hydrogen-bond donors (Lipinski definition) is 1. The van der Waals surface area contributed by atoms with Gasteiger partial charge in [0.05, 0.1) is 6.42 Å². The van der Waals surface area contributed by atoms with Crippen LogP contribution in [-0.4, -0.2) is 16.3 Å². The third-order valence-electron chi connectivity index (χ3n) is 0.685. The molecule has 0 bridgehead atoms. The van der Waals surface area contributed by atoms with Gasteiger partial charge in [0.25, 0.3) is 0 Å². The van der Waals surface area contributed by atoms with E-state index < -0.39 is 5.97 Å². The lowest BCUT2D eigenvalue weighted by atomic mass is 10.3. The molecule has 4 nitrogen and oxygen atoms in total. The number of nitroso groups, excluding NO2 is 1. The van der Waals surface area contributed by atoms with E-state index in [1.54, 1.807) is 6.92 Å². The first-order valence-electron chi connectivity index (χ1n) is 2.37. The Labute approximate surface area is 56.7 Å². The van der Waals surface area contributed by atoms with Crippen molar-refractivity contribution in [1.82, 2.24) is 0 Å². The van der Waals surface area contributed by atoms with Gasteiger partial charge in [-0.2, -0.15) is 0 Å². The Morgan fingerprint density at radius 3 is 2.78 bits per heavy atom. The summed E-state index contributed by atoms with van der Waals surface area (Å²) in [5, 5.41) is 7.93. The van der Waals surface area contributed by atoms with Crippen molar-refractivity contribution in [2.75, 3.05) is 0 Å². The smallest absolute Gasteiger partial charge is 0.304 e. The van der Waals surface area contributed by atoms with Gasteiger partial charge in [0.1, 0.15) is 0 Å². The summed E-state index contributed by atoms with van der Waals surface area (Å²) in [6, 6.07) is 0. The van der Waals surface area contributed by atoms with E-state index in [-0.39, 0.29) is 11.7 Å². The molecule has 0 aromatic rings. The summed E-state index contributed by atoms with van der Waals surface area (Å²) in [7, 11) is 0. The summed E-state index contributed by atoms with van der Waals surface area (Å²) in [4.78, 5) is 19.4. The SMILES string of the molecule is CC(CC(=O)O)SN=O. The van der Waals surface area contributed by atoms with Gasteiger partial charge in [0.15, 0.2) is 0 Å². The van der Waals surface area contributed by atoms with Gasteiger partial charge in [-0.15, -0.1) is 4.91 Å². The van der Waals surface area contributed by atoms with E-state index in [1.165, 1.54) is 0 Å². The van der Waals surface area contributed by atoms with Gasteiger partial charge in [-0.1, -0.05) is 6.92 Å². The van der Waals surface area contributed by atoms with Gasteiger partial charge in [-0.3, -0.25) is 4.79 Å². The van der Waals surface area contributed by atoms with Crippen molar-refractivity contribution in [3.05, 3.63) is 4.91 Å². The standard InChI is InChI=1S/C4H7NO3S/c1-3(9-5-8)2-4(6)7/h3H,2H2,1H3,(H,6,7). The molecule has 1 unspecified atom stereocenters. The summed E-state index contributed by atoms with van der Waals surface area (Å²) >= 11 is 0.748. The average molecular weight is 149 g/mol. The number of nitrogens with zero attached hydrogens (tertiary/aromatic N) is 1. The molecular weight excluding hydrogens is 142 g/mol. The van der Waals surface area contributed by atoms with Gasteiger partial charge in [-0.05, 0) is 0 Å². The molecule has 1 atom stereocenters. The summed E-state index contributed by atoms with van der Waals surface area (Å²) in [6.45, 7) is 1.64. The van der Waals surface area contributed by atoms with Crippen molar-refractivity contribution < 1.29 is 9.90 Å². The molecule has 0 aliphatic carbocycles. The molecular formula is C4H7NO3S. The van der Waals surface area contributed by atoms with Crippen LogP contribution in [0.2, 0.25) is 0 Å². The number of carboxylic acids is 1. The zero-order chi connectivity index (χ0) is 7.28. The summed E-state index contributed by atoms with van der Waals surface area (Å²) < 4.78 is 2.49. The third-order valence-corrected chi connectivity index (χ3v) is 1.30. The highest BCUT2D eigenvalue weighted by atomic mass is 32.2. The second-order valence-electron chi connectivity index (χ2n) is 1.59. The molecule has 0 rings (SSSR count). The lowest BCUT2D eigenvalue weighted by molar-refractivity contribution is -0.136. The minimum atomic E-state index is -0.904. The molecule has 5 heteroatoms. The van der Waals surface area contributed by atoms with Crippen LogP contribution in [-0.2, 0) is 4.79 Å². The van der Waals surface area contributed by atoms with Gasteiger partial charge < -0.3 is 5.11 Å². The van der Waals surface area contributed by atoms with Crippen LogP contribution in [0.1, 0.15) is 13.3 Å². The maximum atomic E-state index is 9.93. The Hall–Kier alpha value is -0.580. The first-order chi connectivity index (χ1) is 4.16. The Balaban J connectivity index is 3.37. The van der Waals surface area contributed by atoms with E-state index in [0.29, 0.717) is 0 Å². The summed E-state index contributed by atoms with van der Waals surface area (Å²) in [6.07, 6.45) is -0.0175. The van der Waals surface area contributed by atoms with Gasteiger partial charge in [-0.25, -0.2) is 0 Å². The first kappa shape index (κ1) is 8.42. The van der Waals surface area contributed by atoms with E-state index in [1.807, 2.05) is 0 Å². The third kappa shape index (κ3) is 5.29. The van der Waals surface area contributed by atoms with Crippen LogP contribution in [0.15, 0.2) is 4.58 Å². The van der Waals surface area contributed by atoms with Crippen molar-refractivity contribution in [3.63, 3.8) is 0 Å². The predicted octanol–water partition coefficient (Wildman–Crippen LogP) is 1.26. The van der Waals surface area contributed by atoms with Gasteiger partial charge in [0, 0.05) is 21.8 Å². The molecule has 0 amide bonds. The Morgan fingerprint density at radius 1 is 1.89 bits per heavy atom. The topological polar surface area (TPSA) is 66.7 Å². The first-order valence-corrected chi connectivity index (χ1v) is 3.20. The maximum Gasteiger partial charge on any atom is 0.304 e. The monoisotopic (exact) mass is 149 g/mol. The number of aliphatic carboxylic acids is 1. The maximum absolute atomic E-state index is 9.93. The highest BCUT2D eigenvalue weighted by Crippen LogP contribution is 2.13. The second-order valence-corrected chi connectivity index (χ2v) is 2.75. The minimum Gasteiger partial charge on any atom is -0.481 e. The predicted molar refractivity (Wildman–Crippen MR) is 35.1 cm³/mol. The molecule has 1 N–H and O–H groups in total. The highest BCUT2D eigenvalue weighted by Gasteiger charge is 2.07. The fourth-order valence-corrected chi connectivity index (χ4v) is 0.721. The molecule has 0 aromatic heterocycles. The van der Waals surface area contributed by atoms with E-state index >= 15 is 0 Å². The summed E-state index contributed by atoms with van der Waals surface area (Å²) in [5.41, 5.74) is 0. The quantitative estimate of drug-likeness (QED) is 0.482. The van der Waals surface area contributed by atoms with Crippen LogP contribution in [0, 0.1) is 4.91 Å². The minimum absolute atomic E-state index is 0.0175. The molecule has 0 spiro atoms. The van der Waals surface area contributed by atoms with E-state index in [2.05, 4.69) is 4.58 Å². The Bertz CT molecular complexity index is 116. The number of carboxylic acid groups (broad SMARTS) is 1. The number of hydrogen-bond acceptors (Lipinski definition) is 4. The second kappa shape index (κ2) is 4.31. The molecule has 0 saturated heterocycles. The lowest BCUT2D eigenvalue weighted by Crippen LogP contribution is -2.04. The molecule has 0 aliphatic rings. The molecule has 9 heavy (non-hydrogen) atoms. The van der Waals surface area contributed by atoms with Crippen LogP contribution in [0.3, 0.4) is 0 Å². The fraction of sp³-hybridized carbons (Fsp3) is 0.750. The van der Waals surface area contributed by atoms with E-state index in [9.17, 15) is 9.70 Å². The van der Waals surface area contributed by atoms with Crippen LogP contribution < -0.4 is 0 Å². The van der Waals surface area contributed by atoms with Gasteiger partial charge in [0.2, 0.25) is 0 Å². The van der Waals surface area contributed by atoms with E-state index in [0.717, 1.165) is 11.9 Å². The van der Waals surface area contributed by atoms with Crippen LogP contribution in [0.4, 0.5) is 0 Å². The zero-order valence-electron chi connectivity index (χ0n) is 4.90. The van der Waals surface area contributed by atoms with Crippen molar-refractivity contribution >= 4 is 17.9 Å². The van der Waals surface area contributed by atoms with E-state index in [4.69, 9.17) is 5.11 Å². The average Bonchev–Trinajstić information content (AvgIpc) is 1.63. The lowest BCUT2D eigenvalue weighted by Gasteiger charge is -1.97. The van der Waals surface area contributed by atoms with Crippen molar-refractivity contribution in [2.45, 2.75) is 18.6 Å². The molecule has 52 valence electrons. The van der Waals surface area contributed by atoms with Crippen LogP contribution in [0.25, 0.3) is 0 Å². The summed E-state index contributed by atoms with van der Waals surface area (Å²) in [5.74, 6) is -0.904. The zero-order valence-corrected chi connectivity index (χ0v) is 5.72. The number of carbonyl (C=O) groups is 1. The van der Waals surface area contributed by atoms with Crippen molar-refractivity contribution in [3.8, 4) is 0 Å². The molecule has 0 radical (unpaired) electrons. The molecule has 0 heterocycles. The Morgan fingerprint density at radius 2 is 2.44 bits per heavy atom. The normalized spacial score (nSPS) is 12.6. The van der Waals surface area contributed by atoms with Crippen LogP contribution in [0.5, 0.6) is 0 Å². The molecule has 0 aliphatic heterocycles. The molecule has 0 aromatic carbocycles. The fourth-order valence-electron chi connectivity index (χ4n) is 0.357. The van der Waals surface area contributed by atoms with Crippen molar-refractivity contribution in [2.24, 2.45) is 4.58 Å². The highest BCUT2D eigenvalue weighted by molar-refractivity contribution is 7.98. The van der Waals surface area contributed by atoms with Crippen molar-refractivity contribution in [1.29, 1.82) is 0 Å². The van der Waals surface area contributed by atoms with Gasteiger partial charge >= 0.3 is 5.97 Å². The largest absolute Gasteiger partial charge is 0.481 e. The van der Waals surface area contributed by atoms with Crippen LogP contribution >= 0.6 is 11.9 Å². The molecule has 0 fully saturated rings. The number of rotatable bonds is 4. The molecule has 0 saturated carbocycles.